The number of ether oxygens (including phenoxy) is 1. The van der Waals surface area contributed by atoms with E-state index in [0.717, 1.165) is 34.9 Å². The number of carbonyl (C=O) groups is 1. The number of nitrogens with zero attached hydrogens (tertiary/aromatic N) is 4. The number of nitrogen functional groups attached to an aromatic ring is 1. The minimum absolute atomic E-state index is 0.0578. The Morgan fingerprint density at radius 2 is 2.15 bits per heavy atom. The molecular weight excluding hydrogens is 330 g/mol. The fourth-order valence-electron chi connectivity index (χ4n) is 3.29. The summed E-state index contributed by atoms with van der Waals surface area (Å²) in [5.74, 6) is 2.58. The number of aliphatic imine (C=N–C) groups is 2. The zero-order valence-electron chi connectivity index (χ0n) is 14.7. The minimum Gasteiger partial charge on any atom is -0.494 e. The molecule has 26 heavy (non-hydrogen) atoms. The number of Topliss-reactive ketones (excluding diaryl/α,β-unsaturated/α-hetero) is 1. The Bertz CT molecular complexity index is 947. The molecule has 2 N–H and O–H groups in total. The van der Waals surface area contributed by atoms with Gasteiger partial charge < -0.3 is 15.4 Å². The summed E-state index contributed by atoms with van der Waals surface area (Å²) in [6.07, 6.45) is 1.67. The molecule has 132 valence electrons. The monoisotopic (exact) mass is 349 g/mol. The first-order valence-electron chi connectivity index (χ1n) is 8.40. The van der Waals surface area contributed by atoms with Crippen LogP contribution in [-0.4, -0.2) is 47.5 Å². The molecule has 0 spiro atoms. The number of ketones is 1. The Labute approximate surface area is 151 Å². The first kappa shape index (κ1) is 16.3. The number of carbonyl (C=O) groups excluding carboxylic acids is 1. The lowest BCUT2D eigenvalue weighted by molar-refractivity contribution is 0.0998. The van der Waals surface area contributed by atoms with E-state index in [1.807, 2.05) is 24.0 Å². The van der Waals surface area contributed by atoms with Gasteiger partial charge in [-0.25, -0.2) is 9.98 Å². The van der Waals surface area contributed by atoms with Crippen LogP contribution >= 0.6 is 0 Å². The first-order chi connectivity index (χ1) is 12.6. The van der Waals surface area contributed by atoms with Crippen molar-refractivity contribution in [1.82, 2.24) is 9.88 Å². The van der Waals surface area contributed by atoms with Crippen molar-refractivity contribution in [1.29, 1.82) is 0 Å². The molecule has 2 aromatic rings. The molecule has 0 radical (unpaired) electrons. The van der Waals surface area contributed by atoms with Gasteiger partial charge in [0.1, 0.15) is 28.9 Å². The standard InChI is InChI=1S/C19H19N5O2/c1-11-3-5-13-17(18(11)26-2)23-16(24-8-7-21-19(13)24)9-14(25)12-4-6-15(20)22-10-12/h3-6,10H,7-9H2,1-2H3,(H2,20,22). The van der Waals surface area contributed by atoms with Crippen LogP contribution in [0, 0.1) is 6.92 Å². The summed E-state index contributed by atoms with van der Waals surface area (Å²) < 4.78 is 5.55. The van der Waals surface area contributed by atoms with E-state index in [4.69, 9.17) is 15.5 Å². The van der Waals surface area contributed by atoms with Crippen LogP contribution in [0.25, 0.3) is 0 Å². The Hall–Kier alpha value is -3.22. The van der Waals surface area contributed by atoms with Gasteiger partial charge >= 0.3 is 0 Å². The Kier molecular flexibility index (Phi) is 3.91. The van der Waals surface area contributed by atoms with E-state index in [0.29, 0.717) is 23.8 Å². The molecule has 0 aliphatic carbocycles. The SMILES string of the molecule is COc1c(C)ccc2c1N=C(CC(=O)c1ccc(N)nc1)N1CCN=C21. The van der Waals surface area contributed by atoms with Crippen molar-refractivity contribution in [3.8, 4) is 5.75 Å². The molecule has 0 unspecified atom stereocenters. The summed E-state index contributed by atoms with van der Waals surface area (Å²) in [4.78, 5) is 28.1. The van der Waals surface area contributed by atoms with Crippen LogP contribution in [0.5, 0.6) is 5.75 Å². The average molecular weight is 349 g/mol. The lowest BCUT2D eigenvalue weighted by Crippen LogP contribution is -2.38. The molecule has 0 saturated carbocycles. The highest BCUT2D eigenvalue weighted by atomic mass is 16.5. The summed E-state index contributed by atoms with van der Waals surface area (Å²) in [6.45, 7) is 3.38. The van der Waals surface area contributed by atoms with Crippen molar-refractivity contribution in [2.75, 3.05) is 25.9 Å². The first-order valence-corrected chi connectivity index (χ1v) is 8.40. The highest BCUT2D eigenvalue weighted by Gasteiger charge is 2.32. The van der Waals surface area contributed by atoms with Crippen LogP contribution in [0.3, 0.4) is 0 Å². The summed E-state index contributed by atoms with van der Waals surface area (Å²) >= 11 is 0. The number of hydrogen-bond donors (Lipinski definition) is 1. The average Bonchev–Trinajstić information content (AvgIpc) is 3.12. The number of pyridine rings is 1. The van der Waals surface area contributed by atoms with Crippen LogP contribution in [0.2, 0.25) is 0 Å². The van der Waals surface area contributed by atoms with Crippen LogP contribution in [0.4, 0.5) is 11.5 Å². The molecule has 7 nitrogen and oxygen atoms in total. The van der Waals surface area contributed by atoms with Gasteiger partial charge in [-0.1, -0.05) is 6.07 Å². The Morgan fingerprint density at radius 1 is 1.31 bits per heavy atom. The number of anilines is 1. The number of methoxy groups -OCH3 is 1. The third-order valence-electron chi connectivity index (χ3n) is 4.59. The normalized spacial score (nSPS) is 15.1. The highest BCUT2D eigenvalue weighted by molar-refractivity contribution is 6.21. The second-order valence-corrected chi connectivity index (χ2v) is 6.27. The fourth-order valence-corrected chi connectivity index (χ4v) is 3.29. The molecule has 1 aromatic carbocycles. The van der Waals surface area contributed by atoms with Crippen molar-refractivity contribution in [2.45, 2.75) is 13.3 Å². The maximum atomic E-state index is 12.7. The molecule has 7 heteroatoms. The Morgan fingerprint density at radius 3 is 2.88 bits per heavy atom. The van der Waals surface area contributed by atoms with Gasteiger partial charge in [-0.2, -0.15) is 0 Å². The third-order valence-corrected chi connectivity index (χ3v) is 4.59. The van der Waals surface area contributed by atoms with Crippen molar-refractivity contribution in [2.24, 2.45) is 9.98 Å². The second kappa shape index (κ2) is 6.25. The summed E-state index contributed by atoms with van der Waals surface area (Å²) in [5.41, 5.74) is 8.79. The van der Waals surface area contributed by atoms with E-state index in [1.165, 1.54) is 6.20 Å². The smallest absolute Gasteiger partial charge is 0.171 e. The van der Waals surface area contributed by atoms with Gasteiger partial charge in [-0.3, -0.25) is 9.79 Å². The highest BCUT2D eigenvalue weighted by Crippen LogP contribution is 2.39. The molecular formula is C19H19N5O2. The lowest BCUT2D eigenvalue weighted by Gasteiger charge is -2.28. The number of nitrogens with two attached hydrogens (primary N) is 1. The van der Waals surface area contributed by atoms with E-state index in [9.17, 15) is 4.79 Å². The van der Waals surface area contributed by atoms with Gasteiger partial charge in [-0.15, -0.1) is 0 Å². The molecule has 0 fully saturated rings. The predicted octanol–water partition coefficient (Wildman–Crippen LogP) is 2.36. The van der Waals surface area contributed by atoms with E-state index >= 15 is 0 Å². The number of benzene rings is 1. The molecule has 4 rings (SSSR count). The van der Waals surface area contributed by atoms with Crippen LogP contribution in [-0.2, 0) is 0 Å². The number of rotatable bonds is 4. The molecule has 0 atom stereocenters. The fraction of sp³-hybridized carbons (Fsp3) is 0.263. The van der Waals surface area contributed by atoms with E-state index in [-0.39, 0.29) is 12.2 Å². The number of amidine groups is 2. The van der Waals surface area contributed by atoms with E-state index < -0.39 is 0 Å². The quantitative estimate of drug-likeness (QED) is 0.855. The lowest BCUT2D eigenvalue weighted by atomic mass is 10.0. The zero-order chi connectivity index (χ0) is 18.3. The molecule has 2 aliphatic heterocycles. The molecule has 1 aromatic heterocycles. The molecule has 0 amide bonds. The third kappa shape index (κ3) is 2.61. The molecule has 0 bridgehead atoms. The maximum Gasteiger partial charge on any atom is 0.171 e. The topological polar surface area (TPSA) is 93.2 Å². The summed E-state index contributed by atoms with van der Waals surface area (Å²) in [6, 6.07) is 7.32. The van der Waals surface area contributed by atoms with Crippen molar-refractivity contribution in [3.05, 3.63) is 47.2 Å². The second-order valence-electron chi connectivity index (χ2n) is 6.27. The Balaban J connectivity index is 1.74. The zero-order valence-corrected chi connectivity index (χ0v) is 14.7. The van der Waals surface area contributed by atoms with E-state index in [1.54, 1.807) is 19.2 Å². The number of aryl methyl sites for hydroxylation is 1. The molecule has 0 saturated heterocycles. The molecule has 3 heterocycles. The van der Waals surface area contributed by atoms with Crippen LogP contribution < -0.4 is 10.5 Å². The number of fused-ring (bicyclic) bond motifs is 3. The van der Waals surface area contributed by atoms with E-state index in [2.05, 4.69) is 9.98 Å². The van der Waals surface area contributed by atoms with Crippen molar-refractivity contribution >= 4 is 29.0 Å². The maximum absolute atomic E-state index is 12.7. The van der Waals surface area contributed by atoms with Gasteiger partial charge in [0, 0.05) is 23.9 Å². The largest absolute Gasteiger partial charge is 0.494 e. The van der Waals surface area contributed by atoms with Crippen LogP contribution in [0.15, 0.2) is 40.4 Å². The number of hydrogen-bond acceptors (Lipinski definition) is 7. The van der Waals surface area contributed by atoms with Crippen molar-refractivity contribution in [3.63, 3.8) is 0 Å². The molecule has 2 aliphatic rings. The van der Waals surface area contributed by atoms with Crippen molar-refractivity contribution < 1.29 is 9.53 Å². The van der Waals surface area contributed by atoms with Gasteiger partial charge in [0.15, 0.2) is 5.78 Å². The van der Waals surface area contributed by atoms with Gasteiger partial charge in [-0.05, 0) is 30.7 Å². The van der Waals surface area contributed by atoms with Gasteiger partial charge in [0.2, 0.25) is 0 Å². The minimum atomic E-state index is -0.0578. The van der Waals surface area contributed by atoms with Crippen LogP contribution in [0.1, 0.15) is 27.9 Å². The summed E-state index contributed by atoms with van der Waals surface area (Å²) in [7, 11) is 1.63. The number of aromatic nitrogens is 1. The van der Waals surface area contributed by atoms with Gasteiger partial charge in [0.25, 0.3) is 0 Å². The van der Waals surface area contributed by atoms with Gasteiger partial charge in [0.05, 0.1) is 20.1 Å². The summed E-state index contributed by atoms with van der Waals surface area (Å²) in [5, 5.41) is 0. The predicted molar refractivity (Wildman–Crippen MR) is 101 cm³/mol.